The number of phosphoric acid groups is 1. The van der Waals surface area contributed by atoms with Crippen LogP contribution in [0.25, 0.3) is 0 Å². The van der Waals surface area contributed by atoms with Crippen LogP contribution in [0.1, 0.15) is 136 Å². The third-order valence-electron chi connectivity index (χ3n) is 8.60. The van der Waals surface area contributed by atoms with Gasteiger partial charge in [-0.05, 0) is 57.8 Å². The van der Waals surface area contributed by atoms with Gasteiger partial charge >= 0.3 is 19.8 Å². The van der Waals surface area contributed by atoms with Crippen molar-refractivity contribution in [2.75, 3.05) is 26.4 Å². The fourth-order valence-electron chi connectivity index (χ4n) is 5.27. The molecule has 0 rings (SSSR count). The van der Waals surface area contributed by atoms with Crippen molar-refractivity contribution in [3.63, 3.8) is 0 Å². The van der Waals surface area contributed by atoms with Crippen molar-refractivity contribution in [3.05, 3.63) is 85.1 Å². The average molecular weight is 838 g/mol. The van der Waals surface area contributed by atoms with Crippen molar-refractivity contribution >= 4 is 19.8 Å². The fraction of sp³-hybridized carbons (Fsp3) is 0.644. The molecule has 0 aliphatic carbocycles. The summed E-state index contributed by atoms with van der Waals surface area (Å²) in [4.78, 5) is 34.8. The summed E-state index contributed by atoms with van der Waals surface area (Å²) in [5.41, 5.74) is 5.32. The van der Waals surface area contributed by atoms with Crippen LogP contribution in [0.4, 0.5) is 0 Å². The standard InChI is InChI=1S/C45H76NO11P/c1-3-5-7-8-9-10-11-12-13-14-15-16-17-22-28-34-44(50)54-38-41(39-56-58(52,53)55-37-36-46)57-45(51)35-29-23-26-31-40(47)30-25-20-18-19-21-27-33-43(49)42(48)32-24-6-4-2/h6,12-13,18-21,23-27,30,33,40-43,47-49H,3-5,7-11,14-17,22,28-29,31-32,34-39,46H2,1-2H3,(H,52,53)/b13-12-,20-18+,21-19-,24-6-,26-23+,30-25+,33-27+. The van der Waals surface area contributed by atoms with Gasteiger partial charge in [-0.25, -0.2) is 4.57 Å². The van der Waals surface area contributed by atoms with E-state index in [9.17, 15) is 34.4 Å². The number of carbonyl (C=O) groups is 2. The first-order valence-electron chi connectivity index (χ1n) is 21.4. The Morgan fingerprint density at radius 1 is 0.638 bits per heavy atom. The van der Waals surface area contributed by atoms with Crippen molar-refractivity contribution in [1.29, 1.82) is 0 Å². The molecule has 0 spiro atoms. The minimum absolute atomic E-state index is 0.00643. The Morgan fingerprint density at radius 3 is 1.88 bits per heavy atom. The van der Waals surface area contributed by atoms with E-state index in [2.05, 4.69) is 19.1 Å². The molecule has 0 saturated carbocycles. The Bertz CT molecular complexity index is 1280. The lowest BCUT2D eigenvalue weighted by molar-refractivity contribution is -0.161. The molecule has 0 radical (unpaired) electrons. The Labute approximate surface area is 349 Å². The third kappa shape index (κ3) is 37.3. The van der Waals surface area contributed by atoms with E-state index in [-0.39, 0.29) is 32.6 Å². The summed E-state index contributed by atoms with van der Waals surface area (Å²) in [6, 6.07) is 0. The quantitative estimate of drug-likeness (QED) is 0.0130. The molecule has 0 aliphatic rings. The summed E-state index contributed by atoms with van der Waals surface area (Å²) in [6.07, 6.45) is 38.6. The molecule has 5 unspecified atom stereocenters. The predicted molar refractivity (Wildman–Crippen MR) is 233 cm³/mol. The van der Waals surface area contributed by atoms with Crippen molar-refractivity contribution in [1.82, 2.24) is 0 Å². The molecule has 0 saturated heterocycles. The number of allylic oxidation sites excluding steroid dienone is 10. The Kier molecular flexibility index (Phi) is 37.5. The molecule has 0 amide bonds. The highest BCUT2D eigenvalue weighted by Gasteiger charge is 2.26. The highest BCUT2D eigenvalue weighted by atomic mass is 31.2. The fourth-order valence-corrected chi connectivity index (χ4v) is 6.04. The molecule has 0 fully saturated rings. The summed E-state index contributed by atoms with van der Waals surface area (Å²) < 4.78 is 32.5. The van der Waals surface area contributed by atoms with Crippen LogP contribution in [0.15, 0.2) is 85.1 Å². The number of unbranched alkanes of at least 4 members (excludes halogenated alkanes) is 11. The molecule has 0 heterocycles. The monoisotopic (exact) mass is 838 g/mol. The molecule has 0 aromatic carbocycles. The van der Waals surface area contributed by atoms with Gasteiger partial charge in [0.2, 0.25) is 0 Å². The van der Waals surface area contributed by atoms with Gasteiger partial charge in [-0.2, -0.15) is 0 Å². The average Bonchev–Trinajstić information content (AvgIpc) is 3.20. The van der Waals surface area contributed by atoms with Crippen LogP contribution in [0.3, 0.4) is 0 Å². The van der Waals surface area contributed by atoms with E-state index >= 15 is 0 Å². The molecule has 0 bridgehead atoms. The highest BCUT2D eigenvalue weighted by molar-refractivity contribution is 7.47. The zero-order valence-corrected chi connectivity index (χ0v) is 36.2. The van der Waals surface area contributed by atoms with Gasteiger partial charge in [0.25, 0.3) is 0 Å². The van der Waals surface area contributed by atoms with E-state index in [1.54, 1.807) is 54.7 Å². The number of esters is 2. The smallest absolute Gasteiger partial charge is 0.462 e. The van der Waals surface area contributed by atoms with E-state index in [1.165, 1.54) is 44.6 Å². The minimum atomic E-state index is -4.45. The maximum atomic E-state index is 12.6. The van der Waals surface area contributed by atoms with Crippen molar-refractivity contribution in [2.24, 2.45) is 5.73 Å². The maximum Gasteiger partial charge on any atom is 0.472 e. The van der Waals surface area contributed by atoms with E-state index in [1.807, 2.05) is 19.1 Å². The molecule has 6 N–H and O–H groups in total. The van der Waals surface area contributed by atoms with Crippen molar-refractivity contribution in [2.45, 2.75) is 160 Å². The van der Waals surface area contributed by atoms with Crippen LogP contribution in [0.2, 0.25) is 0 Å². The molecule has 13 heteroatoms. The first-order chi connectivity index (χ1) is 28.0. The normalized spacial score (nSPS) is 15.8. The van der Waals surface area contributed by atoms with Crippen LogP contribution >= 0.6 is 7.82 Å². The van der Waals surface area contributed by atoms with Gasteiger partial charge in [-0.15, -0.1) is 0 Å². The lowest BCUT2D eigenvalue weighted by Crippen LogP contribution is -2.29. The second-order valence-electron chi connectivity index (χ2n) is 14.0. The Hall–Kier alpha value is -2.93. The summed E-state index contributed by atoms with van der Waals surface area (Å²) >= 11 is 0. The summed E-state index contributed by atoms with van der Waals surface area (Å²) in [5.74, 6) is -1.07. The summed E-state index contributed by atoms with van der Waals surface area (Å²) in [6.45, 7) is 3.17. The van der Waals surface area contributed by atoms with Crippen LogP contribution < -0.4 is 5.73 Å². The number of aliphatic hydroxyl groups is 3. The van der Waals surface area contributed by atoms with Gasteiger partial charge in [0, 0.05) is 19.4 Å². The number of ether oxygens (including phenoxy) is 2. The van der Waals surface area contributed by atoms with Crippen LogP contribution in [-0.4, -0.2) is 82.9 Å². The highest BCUT2D eigenvalue weighted by Crippen LogP contribution is 2.43. The SMILES string of the molecule is CC/C=C\CC(O)C(O)/C=C/C=C\C=C\C=C\C(O)C/C=C/CCC(=O)OC(COC(=O)CCCCCCC/C=C\CCCCCCCC)COP(=O)(O)OCCN. The first-order valence-corrected chi connectivity index (χ1v) is 22.9. The number of nitrogens with two attached hydrogens (primary N) is 1. The van der Waals surface area contributed by atoms with E-state index in [0.717, 1.165) is 44.9 Å². The second-order valence-corrected chi connectivity index (χ2v) is 15.5. The zero-order chi connectivity index (χ0) is 43.0. The molecule has 5 atom stereocenters. The number of rotatable bonds is 38. The van der Waals surface area contributed by atoms with Gasteiger partial charge in [-0.3, -0.25) is 18.6 Å². The number of carbonyl (C=O) groups excluding carboxylic acids is 2. The molecule has 12 nitrogen and oxygen atoms in total. The predicted octanol–water partition coefficient (Wildman–Crippen LogP) is 8.96. The molecular weight excluding hydrogens is 761 g/mol. The minimum Gasteiger partial charge on any atom is -0.462 e. The maximum absolute atomic E-state index is 12.6. The van der Waals surface area contributed by atoms with Gasteiger partial charge in [0.05, 0.1) is 31.5 Å². The Morgan fingerprint density at radius 2 is 1.22 bits per heavy atom. The van der Waals surface area contributed by atoms with Crippen LogP contribution in [0, 0.1) is 0 Å². The van der Waals surface area contributed by atoms with Gasteiger partial charge in [0.15, 0.2) is 6.10 Å². The van der Waals surface area contributed by atoms with E-state index < -0.39 is 50.8 Å². The molecular formula is C45H76NO11P. The van der Waals surface area contributed by atoms with Crippen molar-refractivity contribution < 1.29 is 52.9 Å². The first kappa shape index (κ1) is 55.1. The van der Waals surface area contributed by atoms with Gasteiger partial charge in [-0.1, -0.05) is 150 Å². The van der Waals surface area contributed by atoms with E-state index in [4.69, 9.17) is 24.3 Å². The zero-order valence-electron chi connectivity index (χ0n) is 35.3. The largest absolute Gasteiger partial charge is 0.472 e. The summed E-state index contributed by atoms with van der Waals surface area (Å²) in [5, 5.41) is 30.0. The molecule has 0 aromatic rings. The number of hydrogen-bond donors (Lipinski definition) is 5. The van der Waals surface area contributed by atoms with Gasteiger partial charge in [0.1, 0.15) is 6.61 Å². The number of hydrogen-bond acceptors (Lipinski definition) is 11. The molecule has 58 heavy (non-hydrogen) atoms. The van der Waals surface area contributed by atoms with Gasteiger partial charge < -0.3 is 35.4 Å². The second kappa shape index (κ2) is 39.5. The summed E-state index contributed by atoms with van der Waals surface area (Å²) in [7, 11) is -4.45. The lowest BCUT2D eigenvalue weighted by atomic mass is 10.1. The third-order valence-corrected chi connectivity index (χ3v) is 9.58. The molecule has 0 aromatic heterocycles. The number of phosphoric ester groups is 1. The lowest BCUT2D eigenvalue weighted by Gasteiger charge is -2.19. The van der Waals surface area contributed by atoms with Crippen LogP contribution in [0.5, 0.6) is 0 Å². The van der Waals surface area contributed by atoms with Crippen LogP contribution in [-0.2, 0) is 32.7 Å². The topological polar surface area (TPSA) is 195 Å². The van der Waals surface area contributed by atoms with E-state index in [0.29, 0.717) is 25.7 Å². The molecule has 0 aliphatic heterocycles. The molecule has 332 valence electrons. The van der Waals surface area contributed by atoms with Crippen molar-refractivity contribution in [3.8, 4) is 0 Å². The Balaban J connectivity index is 4.52. The number of aliphatic hydroxyl groups excluding tert-OH is 3.